The lowest BCUT2D eigenvalue weighted by atomic mass is 9.97. The number of hydrogen-bond acceptors (Lipinski definition) is 4. The quantitative estimate of drug-likeness (QED) is 0.249. The molecule has 4 aromatic rings. The van der Waals surface area contributed by atoms with Gasteiger partial charge >= 0.3 is 0 Å². The maximum atomic E-state index is 13.9. The first-order valence-corrected chi connectivity index (χ1v) is 12.6. The molecule has 0 saturated carbocycles. The number of nitrogens with zero attached hydrogens (tertiary/aromatic N) is 1. The third kappa shape index (κ3) is 4.16. The van der Waals surface area contributed by atoms with Crippen molar-refractivity contribution >= 4 is 38.5 Å². The second-order valence-corrected chi connectivity index (χ2v) is 9.85. The molecule has 0 radical (unpaired) electrons. The topological polar surface area (TPSA) is 59.8 Å². The molecule has 35 heavy (non-hydrogen) atoms. The molecular weight excluding hydrogens is 506 g/mol. The molecule has 0 spiro atoms. The number of anilines is 1. The minimum atomic E-state index is -0.629. The van der Waals surface area contributed by atoms with Gasteiger partial charge in [-0.3, -0.25) is 14.5 Å². The van der Waals surface area contributed by atoms with Crippen LogP contribution in [0.25, 0.3) is 11.0 Å². The molecular formula is C29H26BrNO4. The van der Waals surface area contributed by atoms with Crippen LogP contribution in [0.1, 0.15) is 58.6 Å². The van der Waals surface area contributed by atoms with Gasteiger partial charge in [-0.2, -0.15) is 0 Å². The molecule has 1 aromatic heterocycles. The molecule has 0 N–H and O–H groups in total. The molecule has 0 fully saturated rings. The second-order valence-electron chi connectivity index (χ2n) is 8.94. The summed E-state index contributed by atoms with van der Waals surface area (Å²) in [6.45, 7) is 6.66. The SMILES string of the molecule is CCCCOc1cccc(C2c3c(oc4cc(C)c(C)cc4c3=O)C(=O)N2c2ccc(Br)cc2)c1. The van der Waals surface area contributed by atoms with Gasteiger partial charge in [0.05, 0.1) is 23.6 Å². The number of rotatable bonds is 6. The number of fused-ring (bicyclic) bond motifs is 2. The van der Waals surface area contributed by atoms with Gasteiger partial charge < -0.3 is 9.15 Å². The van der Waals surface area contributed by atoms with Crippen LogP contribution in [0.5, 0.6) is 5.75 Å². The van der Waals surface area contributed by atoms with Crippen LogP contribution in [0.15, 0.2) is 74.3 Å². The van der Waals surface area contributed by atoms with Crippen LogP contribution in [0.3, 0.4) is 0 Å². The zero-order chi connectivity index (χ0) is 24.7. The van der Waals surface area contributed by atoms with Crippen molar-refractivity contribution in [3.05, 3.63) is 103 Å². The standard InChI is InChI=1S/C29H26BrNO4/c1-4-5-13-34-22-8-6-7-19(16-22)26-25-27(32)23-14-17(2)18(3)15-24(23)35-28(25)29(33)31(26)21-11-9-20(30)10-12-21/h6-12,14-16,26H,4-5,13H2,1-3H3. The molecule has 0 saturated heterocycles. The number of amides is 1. The molecule has 3 aromatic carbocycles. The van der Waals surface area contributed by atoms with Gasteiger partial charge in [0.25, 0.3) is 5.91 Å². The van der Waals surface area contributed by atoms with E-state index in [0.29, 0.717) is 34.6 Å². The van der Waals surface area contributed by atoms with E-state index in [4.69, 9.17) is 9.15 Å². The number of hydrogen-bond donors (Lipinski definition) is 0. The van der Waals surface area contributed by atoms with Gasteiger partial charge in [0.2, 0.25) is 5.76 Å². The second kappa shape index (κ2) is 9.34. The molecule has 1 aliphatic rings. The van der Waals surface area contributed by atoms with Gasteiger partial charge in [-0.15, -0.1) is 0 Å². The van der Waals surface area contributed by atoms with Crippen LogP contribution in [-0.2, 0) is 0 Å². The minimum absolute atomic E-state index is 0.0935. The van der Waals surface area contributed by atoms with Crippen LogP contribution in [-0.4, -0.2) is 12.5 Å². The van der Waals surface area contributed by atoms with E-state index < -0.39 is 6.04 Å². The lowest BCUT2D eigenvalue weighted by molar-refractivity contribution is 0.0971. The van der Waals surface area contributed by atoms with E-state index in [-0.39, 0.29) is 17.1 Å². The Hall–Kier alpha value is -3.38. The Morgan fingerprint density at radius 3 is 2.49 bits per heavy atom. The van der Waals surface area contributed by atoms with Crippen molar-refractivity contribution in [3.8, 4) is 5.75 Å². The van der Waals surface area contributed by atoms with Crippen LogP contribution < -0.4 is 15.1 Å². The average molecular weight is 532 g/mol. The summed E-state index contributed by atoms with van der Waals surface area (Å²) >= 11 is 3.46. The predicted octanol–water partition coefficient (Wildman–Crippen LogP) is 7.10. The predicted molar refractivity (Wildman–Crippen MR) is 142 cm³/mol. The van der Waals surface area contributed by atoms with Crippen molar-refractivity contribution in [1.29, 1.82) is 0 Å². The Kier molecular flexibility index (Phi) is 6.24. The lowest BCUT2D eigenvalue weighted by Gasteiger charge is -2.25. The molecule has 2 heterocycles. The van der Waals surface area contributed by atoms with E-state index in [1.54, 1.807) is 4.90 Å². The summed E-state index contributed by atoms with van der Waals surface area (Å²) < 4.78 is 13.0. The molecule has 1 atom stereocenters. The molecule has 1 unspecified atom stereocenters. The smallest absolute Gasteiger partial charge is 0.295 e. The highest BCUT2D eigenvalue weighted by Gasteiger charge is 2.43. The molecule has 6 heteroatoms. The maximum Gasteiger partial charge on any atom is 0.295 e. The van der Waals surface area contributed by atoms with Crippen molar-refractivity contribution in [2.75, 3.05) is 11.5 Å². The maximum absolute atomic E-state index is 13.9. The fraction of sp³-hybridized carbons (Fsp3) is 0.241. The Bertz CT molecular complexity index is 1490. The molecule has 1 aliphatic heterocycles. The monoisotopic (exact) mass is 531 g/mol. The third-order valence-electron chi connectivity index (χ3n) is 6.53. The molecule has 178 valence electrons. The van der Waals surface area contributed by atoms with Crippen LogP contribution in [0.2, 0.25) is 0 Å². The first kappa shape index (κ1) is 23.4. The number of carbonyl (C=O) groups is 1. The largest absolute Gasteiger partial charge is 0.494 e. The van der Waals surface area contributed by atoms with Crippen molar-refractivity contribution in [2.45, 2.75) is 39.7 Å². The zero-order valence-corrected chi connectivity index (χ0v) is 21.5. The number of carbonyl (C=O) groups excluding carboxylic acids is 1. The Balaban J connectivity index is 1.73. The number of halogens is 1. The van der Waals surface area contributed by atoms with Gasteiger partial charge in [0.1, 0.15) is 11.3 Å². The number of aryl methyl sites for hydroxylation is 2. The van der Waals surface area contributed by atoms with Crippen molar-refractivity contribution < 1.29 is 13.9 Å². The highest BCUT2D eigenvalue weighted by atomic mass is 79.9. The lowest BCUT2D eigenvalue weighted by Crippen LogP contribution is -2.29. The van der Waals surface area contributed by atoms with Crippen molar-refractivity contribution in [1.82, 2.24) is 0 Å². The molecule has 1 amide bonds. The minimum Gasteiger partial charge on any atom is -0.494 e. The summed E-state index contributed by atoms with van der Waals surface area (Å²) in [6.07, 6.45) is 1.99. The van der Waals surface area contributed by atoms with Crippen molar-refractivity contribution in [2.24, 2.45) is 0 Å². The molecule has 0 bridgehead atoms. The van der Waals surface area contributed by atoms with Crippen molar-refractivity contribution in [3.63, 3.8) is 0 Å². The van der Waals surface area contributed by atoms with Gasteiger partial charge in [-0.1, -0.05) is 41.4 Å². The van der Waals surface area contributed by atoms with Crippen LogP contribution in [0, 0.1) is 13.8 Å². The zero-order valence-electron chi connectivity index (χ0n) is 19.9. The Labute approximate surface area is 212 Å². The van der Waals surface area contributed by atoms with E-state index >= 15 is 0 Å². The summed E-state index contributed by atoms with van der Waals surface area (Å²) in [7, 11) is 0. The Morgan fingerprint density at radius 2 is 1.74 bits per heavy atom. The molecule has 0 aliphatic carbocycles. The summed E-state index contributed by atoms with van der Waals surface area (Å²) in [4.78, 5) is 29.3. The summed E-state index contributed by atoms with van der Waals surface area (Å²) in [5.74, 6) is 0.474. The van der Waals surface area contributed by atoms with E-state index in [2.05, 4.69) is 22.9 Å². The molecule has 5 rings (SSSR count). The van der Waals surface area contributed by atoms with Crippen LogP contribution in [0.4, 0.5) is 5.69 Å². The fourth-order valence-electron chi connectivity index (χ4n) is 4.52. The van der Waals surface area contributed by atoms with Gasteiger partial charge in [0, 0.05) is 10.2 Å². The van der Waals surface area contributed by atoms with Gasteiger partial charge in [-0.05, 0) is 85.5 Å². The highest BCUT2D eigenvalue weighted by molar-refractivity contribution is 9.10. The van der Waals surface area contributed by atoms with Gasteiger partial charge in [-0.25, -0.2) is 0 Å². The first-order chi connectivity index (χ1) is 16.9. The fourth-order valence-corrected chi connectivity index (χ4v) is 4.78. The van der Waals surface area contributed by atoms with Crippen LogP contribution >= 0.6 is 15.9 Å². The van der Waals surface area contributed by atoms with E-state index in [1.807, 2.05) is 74.5 Å². The first-order valence-electron chi connectivity index (χ1n) is 11.8. The number of benzene rings is 3. The summed E-state index contributed by atoms with van der Waals surface area (Å²) in [6, 6.07) is 18.2. The van der Waals surface area contributed by atoms with E-state index in [1.165, 1.54) is 0 Å². The van der Waals surface area contributed by atoms with E-state index in [0.717, 1.165) is 34.0 Å². The average Bonchev–Trinajstić information content (AvgIpc) is 3.14. The highest BCUT2D eigenvalue weighted by Crippen LogP contribution is 2.42. The third-order valence-corrected chi connectivity index (χ3v) is 7.06. The van der Waals surface area contributed by atoms with E-state index in [9.17, 15) is 9.59 Å². The summed E-state index contributed by atoms with van der Waals surface area (Å²) in [5, 5.41) is 0.484. The molecule has 5 nitrogen and oxygen atoms in total. The number of unbranched alkanes of at least 4 members (excludes halogenated alkanes) is 1. The Morgan fingerprint density at radius 1 is 1.00 bits per heavy atom. The number of ether oxygens (including phenoxy) is 1. The van der Waals surface area contributed by atoms with Gasteiger partial charge in [0.15, 0.2) is 5.43 Å². The summed E-state index contributed by atoms with van der Waals surface area (Å²) in [5.41, 5.74) is 4.09. The normalized spacial score (nSPS) is 15.0.